The topological polar surface area (TPSA) is 93.4 Å². The molecule has 4 aromatic rings. The van der Waals surface area contributed by atoms with Gasteiger partial charge in [0.1, 0.15) is 18.0 Å². The van der Waals surface area contributed by atoms with Gasteiger partial charge in [-0.1, -0.05) is 23.3 Å². The minimum atomic E-state index is -0.324. The number of nitrogens with one attached hydrogen (secondary N) is 2. The van der Waals surface area contributed by atoms with Gasteiger partial charge in [-0.05, 0) is 40.8 Å². The third-order valence-electron chi connectivity index (χ3n) is 3.77. The molecule has 0 atom stereocenters. The molecule has 0 aliphatic carbocycles. The number of fused-ring (bicyclic) bond motifs is 1. The van der Waals surface area contributed by atoms with Crippen molar-refractivity contribution in [3.8, 4) is 5.69 Å². The first-order valence-corrected chi connectivity index (χ1v) is 8.03. The molecule has 0 saturated carbocycles. The maximum absolute atomic E-state index is 13.5. The van der Waals surface area contributed by atoms with E-state index in [9.17, 15) is 4.39 Å². The van der Waals surface area contributed by atoms with Crippen molar-refractivity contribution in [3.63, 3.8) is 0 Å². The van der Waals surface area contributed by atoms with E-state index in [1.165, 1.54) is 18.5 Å². The molecule has 130 valence electrons. The highest BCUT2D eigenvalue weighted by Crippen LogP contribution is 2.19. The molecule has 0 spiro atoms. The summed E-state index contributed by atoms with van der Waals surface area (Å²) in [7, 11) is 0. The number of anilines is 2. The van der Waals surface area contributed by atoms with Gasteiger partial charge in [-0.2, -0.15) is 4.68 Å². The lowest BCUT2D eigenvalue weighted by Gasteiger charge is -2.10. The van der Waals surface area contributed by atoms with Crippen LogP contribution in [0.5, 0.6) is 0 Å². The van der Waals surface area contributed by atoms with Crippen molar-refractivity contribution in [3.05, 3.63) is 60.7 Å². The summed E-state index contributed by atoms with van der Waals surface area (Å²) in [6.07, 6.45) is 1.45. The maximum atomic E-state index is 13.5. The lowest BCUT2D eigenvalue weighted by molar-refractivity contribution is 0.629. The number of aromatic nitrogens is 6. The normalized spacial score (nSPS) is 10.8. The number of benzene rings is 2. The summed E-state index contributed by atoms with van der Waals surface area (Å²) < 4.78 is 15.1. The van der Waals surface area contributed by atoms with Crippen LogP contribution in [0, 0.1) is 5.82 Å². The van der Waals surface area contributed by atoms with Crippen LogP contribution in [0.25, 0.3) is 16.6 Å². The molecule has 0 fully saturated rings. The van der Waals surface area contributed by atoms with Crippen LogP contribution < -0.4 is 10.6 Å². The molecular weight excluding hydrogens is 335 g/mol. The summed E-state index contributed by atoms with van der Waals surface area (Å²) in [6, 6.07) is 14.0. The van der Waals surface area contributed by atoms with Gasteiger partial charge in [0.2, 0.25) is 5.95 Å². The number of hydrogen-bond acceptors (Lipinski definition) is 7. The van der Waals surface area contributed by atoms with Gasteiger partial charge in [0, 0.05) is 18.5 Å². The molecule has 2 aromatic carbocycles. The molecule has 8 nitrogen and oxygen atoms in total. The van der Waals surface area contributed by atoms with Crippen LogP contribution in [0.3, 0.4) is 0 Å². The van der Waals surface area contributed by atoms with E-state index in [2.05, 4.69) is 36.1 Å². The van der Waals surface area contributed by atoms with E-state index < -0.39 is 0 Å². The van der Waals surface area contributed by atoms with Crippen molar-refractivity contribution in [1.82, 2.24) is 30.2 Å². The molecule has 0 aliphatic heterocycles. The van der Waals surface area contributed by atoms with Crippen molar-refractivity contribution >= 4 is 22.7 Å². The first kappa shape index (κ1) is 15.9. The van der Waals surface area contributed by atoms with Crippen LogP contribution in [-0.4, -0.2) is 43.3 Å². The monoisotopic (exact) mass is 350 g/mol. The van der Waals surface area contributed by atoms with Gasteiger partial charge < -0.3 is 10.6 Å². The quantitative estimate of drug-likeness (QED) is 0.515. The zero-order valence-corrected chi connectivity index (χ0v) is 13.7. The summed E-state index contributed by atoms with van der Waals surface area (Å²) in [5, 5.41) is 18.7. The third kappa shape index (κ3) is 3.27. The molecule has 2 N–H and O–H groups in total. The van der Waals surface area contributed by atoms with Crippen LogP contribution >= 0.6 is 0 Å². The number of para-hydroxylation sites is 1. The molecule has 0 radical (unpaired) electrons. The van der Waals surface area contributed by atoms with Crippen molar-refractivity contribution in [2.24, 2.45) is 0 Å². The first-order valence-electron chi connectivity index (χ1n) is 8.03. The number of rotatable bonds is 6. The predicted molar refractivity (Wildman–Crippen MR) is 95.6 cm³/mol. The van der Waals surface area contributed by atoms with E-state index in [0.717, 1.165) is 5.69 Å². The molecule has 2 aromatic heterocycles. The number of halogens is 1. The number of nitrogens with zero attached hydrogens (tertiary/aromatic N) is 6. The molecule has 0 unspecified atom stereocenters. The van der Waals surface area contributed by atoms with Gasteiger partial charge in [-0.25, -0.2) is 14.4 Å². The van der Waals surface area contributed by atoms with Crippen molar-refractivity contribution in [2.75, 3.05) is 23.7 Å². The molecule has 0 aliphatic rings. The Kier molecular flexibility index (Phi) is 4.33. The minimum absolute atomic E-state index is 0.324. The summed E-state index contributed by atoms with van der Waals surface area (Å²) >= 11 is 0. The van der Waals surface area contributed by atoms with E-state index >= 15 is 0 Å². The fourth-order valence-corrected chi connectivity index (χ4v) is 2.57. The molecule has 4 rings (SSSR count). The zero-order valence-electron chi connectivity index (χ0n) is 13.7. The van der Waals surface area contributed by atoms with Crippen LogP contribution in [-0.2, 0) is 0 Å². The average molecular weight is 350 g/mol. The van der Waals surface area contributed by atoms with Crippen molar-refractivity contribution < 1.29 is 4.39 Å². The molecule has 0 saturated heterocycles. The first-order chi connectivity index (χ1) is 12.8. The molecular formula is C17H15FN8. The van der Waals surface area contributed by atoms with E-state index in [1.807, 2.05) is 30.3 Å². The lowest BCUT2D eigenvalue weighted by atomic mass is 10.2. The van der Waals surface area contributed by atoms with E-state index in [1.54, 1.807) is 10.7 Å². The predicted octanol–water partition coefficient (Wildman–Crippen LogP) is 2.27. The van der Waals surface area contributed by atoms with Gasteiger partial charge in [0.15, 0.2) is 0 Å². The molecule has 2 heterocycles. The van der Waals surface area contributed by atoms with E-state index in [-0.39, 0.29) is 5.82 Å². The van der Waals surface area contributed by atoms with Crippen LogP contribution in [0.2, 0.25) is 0 Å². The zero-order chi connectivity index (χ0) is 17.8. The van der Waals surface area contributed by atoms with Crippen molar-refractivity contribution in [1.29, 1.82) is 0 Å². The Morgan fingerprint density at radius 3 is 2.69 bits per heavy atom. The fraction of sp³-hybridized carbons (Fsp3) is 0.118. The Morgan fingerprint density at radius 2 is 1.81 bits per heavy atom. The van der Waals surface area contributed by atoms with E-state index in [4.69, 9.17) is 0 Å². The molecule has 26 heavy (non-hydrogen) atoms. The van der Waals surface area contributed by atoms with Crippen LogP contribution in [0.4, 0.5) is 16.2 Å². The standard InChI is InChI=1S/C17H15FN8/c18-12-6-7-15-14(10-12)16(22-11-21-15)19-8-9-20-17-23-24-25-26(17)13-4-2-1-3-5-13/h1-7,10-11H,8-9H2,(H,19,21,22)(H,20,23,25). The van der Waals surface area contributed by atoms with E-state index in [0.29, 0.717) is 35.8 Å². The van der Waals surface area contributed by atoms with Crippen LogP contribution in [0.1, 0.15) is 0 Å². The number of hydrogen-bond donors (Lipinski definition) is 2. The van der Waals surface area contributed by atoms with Gasteiger partial charge in [-0.15, -0.1) is 0 Å². The molecule has 9 heteroatoms. The van der Waals surface area contributed by atoms with Gasteiger partial charge in [0.05, 0.1) is 11.2 Å². The van der Waals surface area contributed by atoms with Crippen molar-refractivity contribution in [2.45, 2.75) is 0 Å². The molecule has 0 amide bonds. The Bertz CT molecular complexity index is 1020. The number of tetrazole rings is 1. The van der Waals surface area contributed by atoms with Gasteiger partial charge >= 0.3 is 0 Å². The Hall–Kier alpha value is -3.62. The summed E-state index contributed by atoms with van der Waals surface area (Å²) in [4.78, 5) is 8.32. The lowest BCUT2D eigenvalue weighted by Crippen LogP contribution is -2.17. The summed E-state index contributed by atoms with van der Waals surface area (Å²) in [6.45, 7) is 1.10. The second-order valence-corrected chi connectivity index (χ2v) is 5.49. The highest BCUT2D eigenvalue weighted by atomic mass is 19.1. The smallest absolute Gasteiger partial charge is 0.247 e. The fourth-order valence-electron chi connectivity index (χ4n) is 2.57. The highest BCUT2D eigenvalue weighted by Gasteiger charge is 2.08. The average Bonchev–Trinajstić information content (AvgIpc) is 3.14. The third-order valence-corrected chi connectivity index (χ3v) is 3.77. The SMILES string of the molecule is Fc1ccc2ncnc(NCCNc3nnnn3-c3ccccc3)c2c1. The highest BCUT2D eigenvalue weighted by molar-refractivity contribution is 5.88. The van der Waals surface area contributed by atoms with Gasteiger partial charge in [-0.3, -0.25) is 0 Å². The van der Waals surface area contributed by atoms with Crippen LogP contribution in [0.15, 0.2) is 54.9 Å². The minimum Gasteiger partial charge on any atom is -0.368 e. The molecule has 0 bridgehead atoms. The maximum Gasteiger partial charge on any atom is 0.247 e. The Balaban J connectivity index is 1.41. The second-order valence-electron chi connectivity index (χ2n) is 5.49. The summed E-state index contributed by atoms with van der Waals surface area (Å²) in [5.41, 5.74) is 1.55. The Labute approximate surface area is 148 Å². The summed E-state index contributed by atoms with van der Waals surface area (Å²) in [5.74, 6) is 0.797. The largest absolute Gasteiger partial charge is 0.368 e. The van der Waals surface area contributed by atoms with Gasteiger partial charge in [0.25, 0.3) is 0 Å². The second kappa shape index (κ2) is 7.09. The Morgan fingerprint density at radius 1 is 0.962 bits per heavy atom.